The molecule has 1 heterocycles. The van der Waals surface area contributed by atoms with Crippen LogP contribution in [-0.4, -0.2) is 10.7 Å². The van der Waals surface area contributed by atoms with Gasteiger partial charge in [0.2, 0.25) is 0 Å². The van der Waals surface area contributed by atoms with Gasteiger partial charge in [-0.1, -0.05) is 35.0 Å². The van der Waals surface area contributed by atoms with Crippen molar-refractivity contribution >= 4 is 17.3 Å². The van der Waals surface area contributed by atoms with E-state index in [4.69, 9.17) is 11.6 Å². The minimum Gasteiger partial charge on any atom is -0.295 e. The Hall–Kier alpha value is -1.23. The van der Waals surface area contributed by atoms with Gasteiger partial charge in [-0.15, -0.1) is 0 Å². The lowest BCUT2D eigenvalue weighted by Crippen LogP contribution is -2.54. The third-order valence-corrected chi connectivity index (χ3v) is 1.98. The number of nitrogens with zero attached hydrogens (tertiary/aromatic N) is 1. The average molecular weight is 211 g/mol. The van der Waals surface area contributed by atoms with E-state index < -0.39 is 0 Å². The third kappa shape index (κ3) is 2.38. The smallest absolute Gasteiger partial charge is 0.119 e. The number of anilines is 1. The molecule has 5 heteroatoms. The highest BCUT2D eigenvalue weighted by Crippen LogP contribution is 2.06. The van der Waals surface area contributed by atoms with Gasteiger partial charge in [0.25, 0.3) is 0 Å². The molecule has 0 fully saturated rings. The van der Waals surface area contributed by atoms with Gasteiger partial charge in [-0.05, 0) is 18.2 Å². The van der Waals surface area contributed by atoms with Crippen molar-refractivity contribution in [2.75, 3.05) is 5.43 Å². The van der Waals surface area contributed by atoms with Crippen molar-refractivity contribution in [1.29, 1.82) is 0 Å². The SMILES string of the molecule is ClC1C=CNN(Nc2ccccc2)N1. The summed E-state index contributed by atoms with van der Waals surface area (Å²) in [6.07, 6.45) is 3.58. The molecule has 4 nitrogen and oxygen atoms in total. The fourth-order valence-corrected chi connectivity index (χ4v) is 1.28. The Morgan fingerprint density at radius 1 is 1.29 bits per heavy atom. The van der Waals surface area contributed by atoms with E-state index in [0.717, 1.165) is 5.69 Å². The Labute approximate surface area is 87.5 Å². The maximum absolute atomic E-state index is 5.86. The summed E-state index contributed by atoms with van der Waals surface area (Å²) < 4.78 is 0. The summed E-state index contributed by atoms with van der Waals surface area (Å²) in [5, 5.41) is 1.60. The molecule has 0 aromatic heterocycles. The van der Waals surface area contributed by atoms with E-state index in [1.807, 2.05) is 36.4 Å². The van der Waals surface area contributed by atoms with Crippen LogP contribution in [0.1, 0.15) is 0 Å². The first-order valence-corrected chi connectivity index (χ1v) is 4.73. The quantitative estimate of drug-likeness (QED) is 0.510. The minimum absolute atomic E-state index is 0.201. The summed E-state index contributed by atoms with van der Waals surface area (Å²) in [7, 11) is 0. The maximum Gasteiger partial charge on any atom is 0.119 e. The normalized spacial score (nSPS) is 21.6. The zero-order chi connectivity index (χ0) is 9.80. The van der Waals surface area contributed by atoms with Crippen molar-refractivity contribution in [2.45, 2.75) is 5.50 Å². The van der Waals surface area contributed by atoms with Crippen LogP contribution in [0.2, 0.25) is 0 Å². The molecular weight excluding hydrogens is 200 g/mol. The average Bonchev–Trinajstić information content (AvgIpc) is 2.19. The highest BCUT2D eigenvalue weighted by molar-refractivity contribution is 6.21. The van der Waals surface area contributed by atoms with E-state index in [2.05, 4.69) is 16.3 Å². The molecule has 0 bridgehead atoms. The van der Waals surface area contributed by atoms with Gasteiger partial charge in [-0.3, -0.25) is 10.9 Å². The monoisotopic (exact) mass is 210 g/mol. The van der Waals surface area contributed by atoms with Crippen LogP contribution in [0.25, 0.3) is 0 Å². The van der Waals surface area contributed by atoms with Crippen LogP contribution in [0, 0.1) is 0 Å². The van der Waals surface area contributed by atoms with Crippen LogP contribution in [0.4, 0.5) is 5.69 Å². The summed E-state index contributed by atoms with van der Waals surface area (Å²) in [5.41, 5.74) is 9.76. The molecule has 0 aliphatic carbocycles. The number of hydrazine groups is 3. The second-order valence-corrected chi connectivity index (χ2v) is 3.30. The Morgan fingerprint density at radius 3 is 2.79 bits per heavy atom. The number of hydrogen-bond donors (Lipinski definition) is 3. The topological polar surface area (TPSA) is 39.3 Å². The van der Waals surface area contributed by atoms with E-state index in [1.165, 1.54) is 0 Å². The predicted octanol–water partition coefficient (Wildman–Crippen LogP) is 1.42. The van der Waals surface area contributed by atoms with E-state index in [9.17, 15) is 0 Å². The van der Waals surface area contributed by atoms with Gasteiger partial charge >= 0.3 is 0 Å². The number of para-hydroxylation sites is 1. The summed E-state index contributed by atoms with van der Waals surface area (Å²) in [6, 6.07) is 9.81. The number of benzene rings is 1. The first-order chi connectivity index (χ1) is 6.84. The zero-order valence-corrected chi connectivity index (χ0v) is 8.20. The first-order valence-electron chi connectivity index (χ1n) is 4.29. The molecule has 0 spiro atoms. The van der Waals surface area contributed by atoms with Crippen LogP contribution in [0.15, 0.2) is 42.6 Å². The Kier molecular flexibility index (Phi) is 2.88. The maximum atomic E-state index is 5.86. The molecule has 0 saturated carbocycles. The van der Waals surface area contributed by atoms with Crippen molar-refractivity contribution in [3.63, 3.8) is 0 Å². The summed E-state index contributed by atoms with van der Waals surface area (Å²) in [6.45, 7) is 0. The van der Waals surface area contributed by atoms with Crippen LogP contribution in [0.5, 0.6) is 0 Å². The molecule has 3 N–H and O–H groups in total. The van der Waals surface area contributed by atoms with Crippen LogP contribution in [-0.2, 0) is 0 Å². The molecule has 0 radical (unpaired) electrons. The molecule has 1 atom stereocenters. The highest BCUT2D eigenvalue weighted by atomic mass is 35.5. The van der Waals surface area contributed by atoms with Gasteiger partial charge in [0.05, 0.1) is 5.69 Å². The number of rotatable bonds is 2. The molecule has 14 heavy (non-hydrogen) atoms. The number of hydrogen-bond acceptors (Lipinski definition) is 4. The molecule has 2 rings (SSSR count). The van der Waals surface area contributed by atoms with Crippen molar-refractivity contribution in [3.8, 4) is 0 Å². The largest absolute Gasteiger partial charge is 0.295 e. The second-order valence-electron chi connectivity index (χ2n) is 2.83. The van der Waals surface area contributed by atoms with Gasteiger partial charge < -0.3 is 0 Å². The van der Waals surface area contributed by atoms with Crippen molar-refractivity contribution in [1.82, 2.24) is 16.1 Å². The number of alkyl halides is 1. The fraction of sp³-hybridized carbons (Fsp3) is 0.111. The molecule has 1 aliphatic heterocycles. The molecule has 1 unspecified atom stereocenters. The van der Waals surface area contributed by atoms with E-state index in [-0.39, 0.29) is 5.50 Å². The molecule has 74 valence electrons. The van der Waals surface area contributed by atoms with Crippen molar-refractivity contribution in [2.24, 2.45) is 0 Å². The van der Waals surface area contributed by atoms with Gasteiger partial charge in [0.1, 0.15) is 5.50 Å². The lowest BCUT2D eigenvalue weighted by atomic mass is 10.3. The summed E-state index contributed by atoms with van der Waals surface area (Å²) in [5.74, 6) is 0. The van der Waals surface area contributed by atoms with Crippen molar-refractivity contribution in [3.05, 3.63) is 42.6 Å². The molecule has 0 amide bonds. The van der Waals surface area contributed by atoms with E-state index in [0.29, 0.717) is 0 Å². The minimum atomic E-state index is -0.201. The zero-order valence-electron chi connectivity index (χ0n) is 7.44. The molecule has 1 aliphatic rings. The van der Waals surface area contributed by atoms with Crippen LogP contribution in [0.3, 0.4) is 0 Å². The van der Waals surface area contributed by atoms with Gasteiger partial charge in [-0.25, -0.2) is 0 Å². The van der Waals surface area contributed by atoms with Gasteiger partial charge in [0.15, 0.2) is 0 Å². The first kappa shape index (κ1) is 9.33. The molecular formula is C9H11ClN4. The second kappa shape index (κ2) is 4.32. The lowest BCUT2D eigenvalue weighted by Gasteiger charge is -2.28. The van der Waals surface area contributed by atoms with Crippen LogP contribution < -0.4 is 16.3 Å². The van der Waals surface area contributed by atoms with Gasteiger partial charge in [0, 0.05) is 6.20 Å². The van der Waals surface area contributed by atoms with E-state index >= 15 is 0 Å². The molecule has 1 aromatic rings. The summed E-state index contributed by atoms with van der Waals surface area (Å²) in [4.78, 5) is 0. The number of nitrogens with one attached hydrogen (secondary N) is 3. The Balaban J connectivity index is 1.96. The Morgan fingerprint density at radius 2 is 2.07 bits per heavy atom. The van der Waals surface area contributed by atoms with Crippen LogP contribution >= 0.6 is 11.6 Å². The summed E-state index contributed by atoms with van der Waals surface area (Å²) >= 11 is 5.86. The fourth-order valence-electron chi connectivity index (χ4n) is 1.11. The van der Waals surface area contributed by atoms with Gasteiger partial charge in [-0.2, -0.15) is 5.43 Å². The number of halogens is 1. The van der Waals surface area contributed by atoms with E-state index in [1.54, 1.807) is 11.4 Å². The standard InChI is InChI=1S/C9H11ClN4/c10-9-6-7-11-14(13-9)12-8-4-2-1-3-5-8/h1-7,9,11-13H. The predicted molar refractivity (Wildman–Crippen MR) is 57.0 cm³/mol. The Bertz CT molecular complexity index is 314. The third-order valence-electron chi connectivity index (χ3n) is 1.74. The lowest BCUT2D eigenvalue weighted by molar-refractivity contribution is 0.171. The molecule has 1 aromatic carbocycles. The molecule has 0 saturated heterocycles. The van der Waals surface area contributed by atoms with Crippen molar-refractivity contribution < 1.29 is 0 Å². The highest BCUT2D eigenvalue weighted by Gasteiger charge is 2.10.